The number of fused-ring (bicyclic) bond motifs is 5. The Bertz CT molecular complexity index is 2980. The van der Waals surface area contributed by atoms with Crippen molar-refractivity contribution in [2.75, 3.05) is 61.3 Å². The number of piperidine rings is 2. The second kappa shape index (κ2) is 15.0. The molecular formula is C45H43ClN8O6. The lowest BCUT2D eigenvalue weighted by Crippen LogP contribution is -2.49. The number of halogens is 1. The number of nitrogens with one attached hydrogen (secondary N) is 1. The second-order valence-electron chi connectivity index (χ2n) is 16.1. The van der Waals surface area contributed by atoms with Gasteiger partial charge in [-0.05, 0) is 85.2 Å². The first-order chi connectivity index (χ1) is 29.1. The molecule has 4 aromatic carbocycles. The number of imide groups is 1. The number of carbonyl (C=O) groups is 2. The van der Waals surface area contributed by atoms with Crippen LogP contribution in [-0.4, -0.2) is 76.6 Å². The molecule has 1 unspecified atom stereocenters. The van der Waals surface area contributed by atoms with Gasteiger partial charge in [-0.3, -0.25) is 33.7 Å². The largest absolute Gasteiger partial charge is 0.454 e. The maximum Gasteiger partial charge on any atom is 0.329 e. The van der Waals surface area contributed by atoms with Crippen molar-refractivity contribution in [1.82, 2.24) is 24.3 Å². The van der Waals surface area contributed by atoms with Gasteiger partial charge >= 0.3 is 5.69 Å². The minimum atomic E-state index is -0.715. The molecule has 3 aromatic heterocycles. The Balaban J connectivity index is 0.749. The fourth-order valence-corrected chi connectivity index (χ4v) is 9.51. The van der Waals surface area contributed by atoms with Gasteiger partial charge in [0.2, 0.25) is 17.2 Å². The number of imidazole rings is 1. The SMILES string of the molecule is Cn1c(=O)n(C2CCC(=O)NC2=O)c2ccc3ccc(N4CCC(CN5CCN(c6ccc(Oc7cc8oc9cccc(Cl)c9c(=O)c8nc7N)cc6)CC5)CC4)cc3c21. The number of ether oxygens (including phenoxy) is 1. The summed E-state index contributed by atoms with van der Waals surface area (Å²) in [5.41, 5.74) is 10.1. The van der Waals surface area contributed by atoms with E-state index < -0.39 is 11.9 Å². The van der Waals surface area contributed by atoms with Crippen molar-refractivity contribution in [3.63, 3.8) is 0 Å². The van der Waals surface area contributed by atoms with E-state index in [4.69, 9.17) is 26.5 Å². The molecule has 60 heavy (non-hydrogen) atoms. The number of carbonyl (C=O) groups excluding carboxylic acids is 2. The predicted molar refractivity (Wildman–Crippen MR) is 233 cm³/mol. The molecule has 14 nitrogen and oxygen atoms in total. The van der Waals surface area contributed by atoms with Crippen LogP contribution in [0.1, 0.15) is 31.7 Å². The Morgan fingerprint density at radius 1 is 0.850 bits per heavy atom. The Hall–Kier alpha value is -6.38. The Labute approximate surface area is 348 Å². The van der Waals surface area contributed by atoms with Crippen LogP contribution in [0.15, 0.2) is 92.9 Å². The predicted octanol–water partition coefficient (Wildman–Crippen LogP) is 6.19. The van der Waals surface area contributed by atoms with Gasteiger partial charge in [0.05, 0.1) is 21.4 Å². The van der Waals surface area contributed by atoms with Crippen LogP contribution in [0.3, 0.4) is 0 Å². The zero-order chi connectivity index (χ0) is 41.2. The fraction of sp³-hybridized carbons (Fsp3) is 0.311. The number of pyridine rings is 1. The minimum absolute atomic E-state index is 0.0806. The third-order valence-corrected chi connectivity index (χ3v) is 12.8. The highest BCUT2D eigenvalue weighted by Crippen LogP contribution is 2.35. The Morgan fingerprint density at radius 3 is 2.35 bits per heavy atom. The van der Waals surface area contributed by atoms with Crippen molar-refractivity contribution in [2.45, 2.75) is 31.7 Å². The molecule has 10 rings (SSSR count). The quantitative estimate of drug-likeness (QED) is 0.139. The number of aryl methyl sites for hydroxylation is 1. The summed E-state index contributed by atoms with van der Waals surface area (Å²) in [6.07, 6.45) is 2.71. The van der Waals surface area contributed by atoms with Crippen LogP contribution in [0.25, 0.3) is 43.9 Å². The van der Waals surface area contributed by atoms with Crippen molar-refractivity contribution < 1.29 is 18.7 Å². The van der Waals surface area contributed by atoms with E-state index in [0.29, 0.717) is 40.0 Å². The third kappa shape index (κ3) is 6.69. The van der Waals surface area contributed by atoms with Gasteiger partial charge in [-0.2, -0.15) is 0 Å². The molecule has 0 radical (unpaired) electrons. The third-order valence-electron chi connectivity index (χ3n) is 12.5. The first-order valence-corrected chi connectivity index (χ1v) is 20.8. The van der Waals surface area contributed by atoms with Gasteiger partial charge in [0, 0.05) is 82.1 Å². The summed E-state index contributed by atoms with van der Waals surface area (Å²) in [7, 11) is 1.75. The molecule has 2 amide bonds. The molecule has 0 saturated carbocycles. The van der Waals surface area contributed by atoms with Crippen LogP contribution in [0, 0.1) is 5.92 Å². The zero-order valence-electron chi connectivity index (χ0n) is 33.0. The van der Waals surface area contributed by atoms with E-state index in [2.05, 4.69) is 43.2 Å². The van der Waals surface area contributed by atoms with Gasteiger partial charge in [0.25, 0.3) is 0 Å². The van der Waals surface area contributed by atoms with Crippen molar-refractivity contribution in [1.29, 1.82) is 0 Å². The number of amides is 2. The smallest absolute Gasteiger partial charge is 0.329 e. The normalized spacial score (nSPS) is 18.3. The van der Waals surface area contributed by atoms with Gasteiger partial charge in [0.15, 0.2) is 22.7 Å². The molecule has 3 aliphatic rings. The Kier molecular flexibility index (Phi) is 9.48. The van der Waals surface area contributed by atoms with Gasteiger partial charge < -0.3 is 24.7 Å². The topological polar surface area (TPSA) is 161 Å². The Morgan fingerprint density at radius 2 is 1.58 bits per heavy atom. The van der Waals surface area contributed by atoms with E-state index in [1.165, 1.54) is 0 Å². The molecule has 3 saturated heterocycles. The minimum Gasteiger partial charge on any atom is -0.454 e. The summed E-state index contributed by atoms with van der Waals surface area (Å²) in [6.45, 7) is 6.82. The number of rotatable bonds is 7. The highest BCUT2D eigenvalue weighted by Gasteiger charge is 2.32. The number of nitrogens with two attached hydrogens (primary N) is 1. The first kappa shape index (κ1) is 37.9. The molecule has 6 heterocycles. The number of anilines is 3. The van der Waals surface area contributed by atoms with Gasteiger partial charge in [-0.1, -0.05) is 29.8 Å². The fourth-order valence-electron chi connectivity index (χ4n) is 9.25. The first-order valence-electron chi connectivity index (χ1n) is 20.4. The zero-order valence-corrected chi connectivity index (χ0v) is 33.8. The number of piperazine rings is 1. The molecule has 0 aliphatic carbocycles. The van der Waals surface area contributed by atoms with Crippen molar-refractivity contribution in [3.05, 3.63) is 105 Å². The van der Waals surface area contributed by atoms with E-state index in [9.17, 15) is 19.2 Å². The summed E-state index contributed by atoms with van der Waals surface area (Å²) < 4.78 is 15.2. The lowest BCUT2D eigenvalue weighted by atomic mass is 9.95. The summed E-state index contributed by atoms with van der Waals surface area (Å²) in [6, 6.07) is 24.2. The van der Waals surface area contributed by atoms with Crippen LogP contribution in [0.4, 0.5) is 17.2 Å². The average Bonchev–Trinajstić information content (AvgIpc) is 3.51. The molecule has 306 valence electrons. The molecule has 3 fully saturated rings. The summed E-state index contributed by atoms with van der Waals surface area (Å²) in [5, 5.41) is 4.96. The van der Waals surface area contributed by atoms with Gasteiger partial charge in [0.1, 0.15) is 17.4 Å². The summed E-state index contributed by atoms with van der Waals surface area (Å²) >= 11 is 6.26. The van der Waals surface area contributed by atoms with Crippen LogP contribution < -0.4 is 36.7 Å². The van der Waals surface area contributed by atoms with Crippen molar-refractivity contribution >= 4 is 84.5 Å². The molecule has 3 N–H and O–H groups in total. The van der Waals surface area contributed by atoms with Crippen LogP contribution in [0.2, 0.25) is 5.02 Å². The summed E-state index contributed by atoms with van der Waals surface area (Å²) in [4.78, 5) is 62.9. The molecule has 15 heteroatoms. The summed E-state index contributed by atoms with van der Waals surface area (Å²) in [5.74, 6) is 0.849. The van der Waals surface area contributed by atoms with Crippen molar-refractivity contribution in [2.24, 2.45) is 13.0 Å². The highest BCUT2D eigenvalue weighted by atomic mass is 35.5. The highest BCUT2D eigenvalue weighted by molar-refractivity contribution is 6.35. The van der Waals surface area contributed by atoms with E-state index in [1.807, 2.05) is 36.4 Å². The number of nitrogens with zero attached hydrogens (tertiary/aromatic N) is 6. The molecule has 3 aliphatic heterocycles. The maximum absolute atomic E-state index is 13.5. The van der Waals surface area contributed by atoms with Crippen molar-refractivity contribution in [3.8, 4) is 11.5 Å². The second-order valence-corrected chi connectivity index (χ2v) is 16.5. The molecule has 1 atom stereocenters. The van der Waals surface area contributed by atoms with Crippen LogP contribution in [-0.2, 0) is 16.6 Å². The number of hydrogen-bond donors (Lipinski definition) is 2. The average molecular weight is 827 g/mol. The number of hydrogen-bond acceptors (Lipinski definition) is 11. The maximum atomic E-state index is 13.5. The van der Waals surface area contributed by atoms with E-state index >= 15 is 0 Å². The van der Waals surface area contributed by atoms with Crippen LogP contribution >= 0.6 is 11.6 Å². The van der Waals surface area contributed by atoms with E-state index in [-0.39, 0.29) is 45.8 Å². The molecular weight excluding hydrogens is 784 g/mol. The standard InChI is InChI=1S/C45H43ClN8O6/c1-50-41-31-23-29(7-5-27(31)6-12-33(41)54(45(50)58)34-13-14-38(55)48-44(34)57)52-17-15-26(16-18-52)25-51-19-21-53(22-20-51)28-8-10-30(11-9-28)59-37-24-36-40(49-43(37)47)42(56)39-32(46)3-2-4-35(39)60-36/h2-12,23-24,26,34H,13-22,25H2,1H3,(H2,47,49)(H,48,55,57). The lowest BCUT2D eigenvalue weighted by Gasteiger charge is -2.40. The number of aromatic nitrogens is 3. The molecule has 0 spiro atoms. The van der Waals surface area contributed by atoms with Gasteiger partial charge in [-0.15, -0.1) is 0 Å². The number of benzene rings is 4. The lowest BCUT2D eigenvalue weighted by molar-refractivity contribution is -0.135. The molecule has 7 aromatic rings. The van der Waals surface area contributed by atoms with Crippen LogP contribution in [0.5, 0.6) is 11.5 Å². The van der Waals surface area contributed by atoms with Gasteiger partial charge in [-0.25, -0.2) is 9.78 Å². The van der Waals surface area contributed by atoms with E-state index in [1.54, 1.807) is 40.4 Å². The molecule has 0 bridgehead atoms. The monoisotopic (exact) mass is 826 g/mol. The van der Waals surface area contributed by atoms with E-state index in [0.717, 1.165) is 86.3 Å². The number of nitrogen functional groups attached to an aromatic ring is 1.